The zero-order chi connectivity index (χ0) is 23.4. The number of aryl methyl sites for hydroxylation is 1. The number of carbonyl (C=O) groups excluding carboxylic acids is 2. The Morgan fingerprint density at radius 2 is 1.73 bits per heavy atom. The van der Waals surface area contributed by atoms with E-state index in [1.807, 2.05) is 56.4 Å². The fraction of sp³-hybridized carbons (Fsp3) is 0.520. The Hall–Kier alpha value is -3.16. The van der Waals surface area contributed by atoms with Crippen molar-refractivity contribution in [3.63, 3.8) is 0 Å². The van der Waals surface area contributed by atoms with Gasteiger partial charge in [0.25, 0.3) is 0 Å². The van der Waals surface area contributed by atoms with E-state index in [0.717, 1.165) is 61.2 Å². The largest absolute Gasteiger partial charge is 0.362 e. The lowest BCUT2D eigenvalue weighted by Crippen LogP contribution is -2.36. The van der Waals surface area contributed by atoms with Crippen molar-refractivity contribution >= 4 is 29.3 Å². The van der Waals surface area contributed by atoms with Gasteiger partial charge in [-0.2, -0.15) is 4.98 Å². The number of carbonyl (C=O) groups is 2. The molecule has 2 aliphatic carbocycles. The van der Waals surface area contributed by atoms with E-state index < -0.39 is 0 Å². The van der Waals surface area contributed by atoms with Crippen LogP contribution < -0.4 is 20.9 Å². The van der Waals surface area contributed by atoms with E-state index in [9.17, 15) is 9.59 Å². The monoisotopic (exact) mass is 450 g/mol. The average molecular weight is 451 g/mol. The van der Waals surface area contributed by atoms with Crippen LogP contribution in [0.15, 0.2) is 30.5 Å². The molecular weight excluding hydrogens is 416 g/mol. The maximum Gasteiger partial charge on any atom is 0.227 e. The average Bonchev–Trinajstić information content (AvgIpc) is 3.65. The van der Waals surface area contributed by atoms with Gasteiger partial charge in [0.15, 0.2) is 0 Å². The molecule has 0 saturated heterocycles. The Morgan fingerprint density at radius 3 is 2.42 bits per heavy atom. The first kappa shape index (κ1) is 23.0. The molecule has 2 aliphatic rings. The van der Waals surface area contributed by atoms with Crippen LogP contribution in [0.5, 0.6) is 0 Å². The second-order valence-electron chi connectivity index (χ2n) is 9.47. The van der Waals surface area contributed by atoms with Gasteiger partial charge in [0.05, 0.1) is 0 Å². The molecule has 0 atom stereocenters. The van der Waals surface area contributed by atoms with Crippen molar-refractivity contribution in [2.75, 3.05) is 29.6 Å². The van der Waals surface area contributed by atoms with E-state index in [1.165, 1.54) is 0 Å². The molecule has 2 saturated carbocycles. The summed E-state index contributed by atoms with van der Waals surface area (Å²) < 4.78 is 0. The number of benzene rings is 1. The molecule has 8 heteroatoms. The third kappa shape index (κ3) is 6.21. The second kappa shape index (κ2) is 10.2. The summed E-state index contributed by atoms with van der Waals surface area (Å²) in [4.78, 5) is 35.7. The van der Waals surface area contributed by atoms with E-state index in [2.05, 4.69) is 25.9 Å². The lowest BCUT2D eigenvalue weighted by molar-refractivity contribution is -0.126. The van der Waals surface area contributed by atoms with Crippen LogP contribution in [-0.2, 0) is 16.1 Å². The van der Waals surface area contributed by atoms with Gasteiger partial charge in [0.2, 0.25) is 17.8 Å². The summed E-state index contributed by atoms with van der Waals surface area (Å²) in [6.45, 7) is 2.47. The van der Waals surface area contributed by atoms with Gasteiger partial charge in [-0.15, -0.1) is 0 Å². The fourth-order valence-corrected chi connectivity index (χ4v) is 4.32. The predicted octanol–water partition coefficient (Wildman–Crippen LogP) is 3.49. The highest BCUT2D eigenvalue weighted by atomic mass is 16.2. The summed E-state index contributed by atoms with van der Waals surface area (Å²) in [7, 11) is 3.95. The van der Waals surface area contributed by atoms with Crippen LogP contribution in [-0.4, -0.2) is 41.9 Å². The first-order valence-electron chi connectivity index (χ1n) is 11.8. The predicted molar refractivity (Wildman–Crippen MR) is 130 cm³/mol. The number of rotatable bonds is 8. The van der Waals surface area contributed by atoms with E-state index in [4.69, 9.17) is 0 Å². The maximum absolute atomic E-state index is 12.7. The quantitative estimate of drug-likeness (QED) is 0.569. The molecule has 2 amide bonds. The van der Waals surface area contributed by atoms with Crippen LogP contribution in [0.3, 0.4) is 0 Å². The Labute approximate surface area is 195 Å². The van der Waals surface area contributed by atoms with Gasteiger partial charge in [0.1, 0.15) is 5.82 Å². The molecule has 1 aromatic carbocycles. The number of hydrogen-bond acceptors (Lipinski definition) is 6. The summed E-state index contributed by atoms with van der Waals surface area (Å²) >= 11 is 0. The molecule has 4 rings (SSSR count). The van der Waals surface area contributed by atoms with Crippen LogP contribution in [0.4, 0.5) is 17.5 Å². The lowest BCUT2D eigenvalue weighted by atomic mass is 9.85. The molecule has 1 aromatic heterocycles. The zero-order valence-electron chi connectivity index (χ0n) is 19.7. The van der Waals surface area contributed by atoms with Gasteiger partial charge in [-0.3, -0.25) is 9.59 Å². The van der Waals surface area contributed by atoms with Crippen molar-refractivity contribution in [1.29, 1.82) is 0 Å². The first-order chi connectivity index (χ1) is 15.9. The second-order valence-corrected chi connectivity index (χ2v) is 9.47. The zero-order valence-corrected chi connectivity index (χ0v) is 19.7. The van der Waals surface area contributed by atoms with Crippen LogP contribution in [0.2, 0.25) is 0 Å². The molecule has 0 spiro atoms. The molecule has 3 N–H and O–H groups in total. The van der Waals surface area contributed by atoms with Gasteiger partial charge in [-0.25, -0.2) is 4.98 Å². The number of anilines is 3. The summed E-state index contributed by atoms with van der Waals surface area (Å²) in [5.41, 5.74) is 2.82. The molecule has 2 aromatic rings. The molecule has 1 heterocycles. The van der Waals surface area contributed by atoms with Crippen LogP contribution in [0.1, 0.15) is 49.7 Å². The number of hydrogen-bond donors (Lipinski definition) is 3. The molecule has 0 radical (unpaired) electrons. The lowest BCUT2D eigenvalue weighted by Gasteiger charge is -2.28. The molecule has 33 heavy (non-hydrogen) atoms. The van der Waals surface area contributed by atoms with Crippen LogP contribution in [0.25, 0.3) is 0 Å². The van der Waals surface area contributed by atoms with Crippen molar-refractivity contribution in [2.24, 2.45) is 11.8 Å². The minimum absolute atomic E-state index is 0.0251. The highest BCUT2D eigenvalue weighted by Crippen LogP contribution is 2.30. The summed E-state index contributed by atoms with van der Waals surface area (Å²) in [5, 5.41) is 9.47. The fourth-order valence-electron chi connectivity index (χ4n) is 4.32. The first-order valence-corrected chi connectivity index (χ1v) is 11.8. The number of aromatic nitrogens is 2. The number of nitrogens with one attached hydrogen (secondary N) is 3. The highest BCUT2D eigenvalue weighted by molar-refractivity contribution is 5.94. The Balaban J connectivity index is 1.23. The van der Waals surface area contributed by atoms with Gasteiger partial charge < -0.3 is 20.9 Å². The Bertz CT molecular complexity index is 996. The van der Waals surface area contributed by atoms with Crippen molar-refractivity contribution < 1.29 is 9.59 Å². The molecule has 0 bridgehead atoms. The molecule has 0 unspecified atom stereocenters. The van der Waals surface area contributed by atoms with E-state index in [0.29, 0.717) is 12.5 Å². The minimum Gasteiger partial charge on any atom is -0.362 e. The summed E-state index contributed by atoms with van der Waals surface area (Å²) in [6.07, 6.45) is 7.31. The van der Waals surface area contributed by atoms with Gasteiger partial charge in [-0.05, 0) is 63.1 Å². The van der Waals surface area contributed by atoms with E-state index >= 15 is 0 Å². The molecule has 0 aliphatic heterocycles. The van der Waals surface area contributed by atoms with Crippen LogP contribution >= 0.6 is 0 Å². The maximum atomic E-state index is 12.7. The molecule has 2 fully saturated rings. The molecule has 176 valence electrons. The smallest absolute Gasteiger partial charge is 0.227 e. The van der Waals surface area contributed by atoms with Gasteiger partial charge >= 0.3 is 0 Å². The van der Waals surface area contributed by atoms with Crippen molar-refractivity contribution in [3.05, 3.63) is 41.6 Å². The van der Waals surface area contributed by atoms with Crippen molar-refractivity contribution in [3.8, 4) is 0 Å². The van der Waals surface area contributed by atoms with Crippen molar-refractivity contribution in [1.82, 2.24) is 15.3 Å². The minimum atomic E-state index is 0.0251. The standard InChI is InChI=1S/C25H34N6O2/c1-16-14-27-25(30-22(16)31(2)3)29-20-11-9-18(10-12-20)23(32)26-15-17-5-4-6-21(13-17)28-24(33)19-7-8-19/h4-6,13-14,18-20H,7-12,15H2,1-3H3,(H,26,32)(H,28,33)(H,27,29,30). The SMILES string of the molecule is Cc1cnc(NC2CCC(C(=O)NCc3cccc(NC(=O)C4CC4)c3)CC2)nc1N(C)C. The molecule has 8 nitrogen and oxygen atoms in total. The molecular formula is C25H34N6O2. The van der Waals surface area contributed by atoms with Crippen LogP contribution in [0, 0.1) is 18.8 Å². The Kier molecular flexibility index (Phi) is 7.11. The van der Waals surface area contributed by atoms with E-state index in [-0.39, 0.29) is 29.7 Å². The summed E-state index contributed by atoms with van der Waals surface area (Å²) in [5.74, 6) is 1.95. The Morgan fingerprint density at radius 1 is 1.03 bits per heavy atom. The normalized spacial score (nSPS) is 20.1. The third-order valence-corrected chi connectivity index (χ3v) is 6.41. The number of amides is 2. The highest BCUT2D eigenvalue weighted by Gasteiger charge is 2.29. The van der Waals surface area contributed by atoms with Gasteiger partial charge in [0, 0.05) is 56.0 Å². The van der Waals surface area contributed by atoms with E-state index in [1.54, 1.807) is 0 Å². The number of nitrogens with zero attached hydrogens (tertiary/aromatic N) is 3. The van der Waals surface area contributed by atoms with Gasteiger partial charge in [-0.1, -0.05) is 12.1 Å². The van der Waals surface area contributed by atoms with Crippen molar-refractivity contribution in [2.45, 2.75) is 58.0 Å². The topological polar surface area (TPSA) is 99.2 Å². The third-order valence-electron chi connectivity index (χ3n) is 6.41. The summed E-state index contributed by atoms with van der Waals surface area (Å²) in [6, 6.07) is 7.98.